The molecule has 0 aliphatic rings. The van der Waals surface area contributed by atoms with Crippen LogP contribution in [0.25, 0.3) is 22.3 Å². The molecule has 3 aromatic rings. The molecule has 0 saturated carbocycles. The third-order valence-electron chi connectivity index (χ3n) is 2.90. The summed E-state index contributed by atoms with van der Waals surface area (Å²) < 4.78 is 0. The maximum Gasteiger partial charge on any atom is 0.0914 e. The SMILES string of the molecule is CNc1ccc2ncc(-c3ccccc3)nc2c1. The normalized spacial score (nSPS) is 10.5. The molecule has 3 nitrogen and oxygen atoms in total. The van der Waals surface area contributed by atoms with E-state index in [1.165, 1.54) is 0 Å². The smallest absolute Gasteiger partial charge is 0.0914 e. The van der Waals surface area contributed by atoms with Crippen molar-refractivity contribution in [3.8, 4) is 11.3 Å². The van der Waals surface area contributed by atoms with Crippen molar-refractivity contribution < 1.29 is 0 Å². The number of anilines is 1. The lowest BCUT2D eigenvalue weighted by molar-refractivity contribution is 1.29. The minimum Gasteiger partial charge on any atom is -0.388 e. The molecular formula is C15H13N3. The maximum absolute atomic E-state index is 4.65. The van der Waals surface area contributed by atoms with Gasteiger partial charge in [-0.25, -0.2) is 4.98 Å². The Kier molecular flexibility index (Phi) is 2.65. The molecule has 0 fully saturated rings. The van der Waals surface area contributed by atoms with Gasteiger partial charge in [0.25, 0.3) is 0 Å². The first kappa shape index (κ1) is 10.7. The highest BCUT2D eigenvalue weighted by Crippen LogP contribution is 2.20. The molecule has 3 heteroatoms. The number of benzene rings is 2. The molecule has 3 rings (SSSR count). The van der Waals surface area contributed by atoms with Crippen LogP contribution in [0.3, 0.4) is 0 Å². The van der Waals surface area contributed by atoms with Crippen molar-refractivity contribution in [1.82, 2.24) is 9.97 Å². The predicted molar refractivity (Wildman–Crippen MR) is 74.5 cm³/mol. The fourth-order valence-corrected chi connectivity index (χ4v) is 1.91. The molecule has 0 bridgehead atoms. The average Bonchev–Trinajstić information content (AvgIpc) is 2.47. The summed E-state index contributed by atoms with van der Waals surface area (Å²) >= 11 is 0. The van der Waals surface area contributed by atoms with Crippen molar-refractivity contribution in [3.63, 3.8) is 0 Å². The van der Waals surface area contributed by atoms with E-state index in [1.54, 1.807) is 0 Å². The second-order valence-corrected chi connectivity index (χ2v) is 4.07. The molecule has 0 aliphatic heterocycles. The van der Waals surface area contributed by atoms with Crippen LogP contribution in [0.2, 0.25) is 0 Å². The number of aromatic nitrogens is 2. The Balaban J connectivity index is 2.15. The first-order chi connectivity index (χ1) is 8.86. The summed E-state index contributed by atoms with van der Waals surface area (Å²) in [7, 11) is 1.90. The third kappa shape index (κ3) is 1.91. The third-order valence-corrected chi connectivity index (χ3v) is 2.90. The van der Waals surface area contributed by atoms with Gasteiger partial charge in [0.1, 0.15) is 0 Å². The van der Waals surface area contributed by atoms with E-state index in [0.29, 0.717) is 0 Å². The number of nitrogens with zero attached hydrogens (tertiary/aromatic N) is 2. The Labute approximate surface area is 106 Å². The first-order valence-corrected chi connectivity index (χ1v) is 5.87. The summed E-state index contributed by atoms with van der Waals surface area (Å²) in [6.45, 7) is 0. The van der Waals surface area contributed by atoms with Crippen LogP contribution in [-0.2, 0) is 0 Å². The van der Waals surface area contributed by atoms with Gasteiger partial charge in [0.05, 0.1) is 22.9 Å². The number of fused-ring (bicyclic) bond motifs is 1. The van der Waals surface area contributed by atoms with Gasteiger partial charge in [-0.2, -0.15) is 0 Å². The fraction of sp³-hybridized carbons (Fsp3) is 0.0667. The topological polar surface area (TPSA) is 37.8 Å². The number of hydrogen-bond acceptors (Lipinski definition) is 3. The van der Waals surface area contributed by atoms with Gasteiger partial charge in [0.2, 0.25) is 0 Å². The monoisotopic (exact) mass is 235 g/mol. The molecule has 0 saturated heterocycles. The quantitative estimate of drug-likeness (QED) is 0.740. The summed E-state index contributed by atoms with van der Waals surface area (Å²) in [5.74, 6) is 0. The summed E-state index contributed by atoms with van der Waals surface area (Å²) in [5, 5.41) is 3.11. The van der Waals surface area contributed by atoms with Crippen LogP contribution >= 0.6 is 0 Å². The maximum atomic E-state index is 4.65. The van der Waals surface area contributed by atoms with E-state index >= 15 is 0 Å². The van der Waals surface area contributed by atoms with E-state index in [0.717, 1.165) is 28.0 Å². The zero-order chi connectivity index (χ0) is 12.4. The van der Waals surface area contributed by atoms with Gasteiger partial charge in [-0.3, -0.25) is 4.98 Å². The van der Waals surface area contributed by atoms with E-state index in [1.807, 2.05) is 61.8 Å². The molecule has 0 atom stereocenters. The Bertz CT molecular complexity index is 678. The lowest BCUT2D eigenvalue weighted by Crippen LogP contribution is -1.91. The second-order valence-electron chi connectivity index (χ2n) is 4.07. The summed E-state index contributed by atoms with van der Waals surface area (Å²) in [4.78, 5) is 9.09. The molecule has 2 aromatic carbocycles. The van der Waals surface area contributed by atoms with Crippen LogP contribution < -0.4 is 5.32 Å². The van der Waals surface area contributed by atoms with Crippen molar-refractivity contribution >= 4 is 16.7 Å². The van der Waals surface area contributed by atoms with E-state index in [-0.39, 0.29) is 0 Å². The second kappa shape index (κ2) is 4.45. The lowest BCUT2D eigenvalue weighted by Gasteiger charge is -2.04. The summed E-state index contributed by atoms with van der Waals surface area (Å²) in [6, 6.07) is 16.1. The molecule has 18 heavy (non-hydrogen) atoms. The summed E-state index contributed by atoms with van der Waals surface area (Å²) in [5.41, 5.74) is 4.84. The van der Waals surface area contributed by atoms with Gasteiger partial charge in [-0.1, -0.05) is 30.3 Å². The Morgan fingerprint density at radius 1 is 0.944 bits per heavy atom. The molecule has 88 valence electrons. The molecule has 0 radical (unpaired) electrons. The van der Waals surface area contributed by atoms with Gasteiger partial charge >= 0.3 is 0 Å². The molecule has 0 spiro atoms. The minimum absolute atomic E-state index is 0.899. The Morgan fingerprint density at radius 3 is 2.56 bits per heavy atom. The van der Waals surface area contributed by atoms with E-state index < -0.39 is 0 Å². The summed E-state index contributed by atoms with van der Waals surface area (Å²) in [6.07, 6.45) is 1.82. The van der Waals surface area contributed by atoms with Crippen LogP contribution in [0.15, 0.2) is 54.7 Å². The highest BCUT2D eigenvalue weighted by molar-refractivity contribution is 5.80. The number of nitrogens with one attached hydrogen (secondary N) is 1. The Morgan fingerprint density at radius 2 is 1.78 bits per heavy atom. The van der Waals surface area contributed by atoms with Crippen LogP contribution in [0.4, 0.5) is 5.69 Å². The molecule has 1 N–H and O–H groups in total. The Hall–Kier alpha value is -2.42. The molecule has 0 aliphatic carbocycles. The van der Waals surface area contributed by atoms with E-state index in [4.69, 9.17) is 0 Å². The van der Waals surface area contributed by atoms with Gasteiger partial charge in [0.15, 0.2) is 0 Å². The molecular weight excluding hydrogens is 222 g/mol. The van der Waals surface area contributed by atoms with Gasteiger partial charge in [-0.15, -0.1) is 0 Å². The van der Waals surface area contributed by atoms with Crippen molar-refractivity contribution in [3.05, 3.63) is 54.7 Å². The van der Waals surface area contributed by atoms with Crippen LogP contribution in [-0.4, -0.2) is 17.0 Å². The first-order valence-electron chi connectivity index (χ1n) is 5.87. The number of hydrogen-bond donors (Lipinski definition) is 1. The zero-order valence-electron chi connectivity index (χ0n) is 10.1. The van der Waals surface area contributed by atoms with Crippen LogP contribution in [0.1, 0.15) is 0 Å². The van der Waals surface area contributed by atoms with Gasteiger partial charge < -0.3 is 5.32 Å². The van der Waals surface area contributed by atoms with Crippen molar-refractivity contribution in [2.75, 3.05) is 12.4 Å². The fourth-order valence-electron chi connectivity index (χ4n) is 1.91. The minimum atomic E-state index is 0.899. The van der Waals surface area contributed by atoms with Crippen LogP contribution in [0, 0.1) is 0 Å². The van der Waals surface area contributed by atoms with E-state index in [9.17, 15) is 0 Å². The zero-order valence-corrected chi connectivity index (χ0v) is 10.1. The molecule has 0 amide bonds. The molecule has 1 aromatic heterocycles. The highest BCUT2D eigenvalue weighted by atomic mass is 14.8. The largest absolute Gasteiger partial charge is 0.388 e. The van der Waals surface area contributed by atoms with Crippen molar-refractivity contribution in [2.45, 2.75) is 0 Å². The number of rotatable bonds is 2. The molecule has 1 heterocycles. The van der Waals surface area contributed by atoms with Crippen molar-refractivity contribution in [1.29, 1.82) is 0 Å². The average molecular weight is 235 g/mol. The van der Waals surface area contributed by atoms with Crippen molar-refractivity contribution in [2.24, 2.45) is 0 Å². The highest BCUT2D eigenvalue weighted by Gasteiger charge is 2.02. The predicted octanol–water partition coefficient (Wildman–Crippen LogP) is 3.34. The van der Waals surface area contributed by atoms with E-state index in [2.05, 4.69) is 15.3 Å². The van der Waals surface area contributed by atoms with Crippen LogP contribution in [0.5, 0.6) is 0 Å². The van der Waals surface area contributed by atoms with Gasteiger partial charge in [0, 0.05) is 18.3 Å². The lowest BCUT2D eigenvalue weighted by atomic mass is 10.1. The standard InChI is InChI=1S/C15H13N3/c1-16-12-7-8-13-14(9-12)18-15(10-17-13)11-5-3-2-4-6-11/h2-10,16H,1H3. The van der Waals surface area contributed by atoms with Gasteiger partial charge in [-0.05, 0) is 18.2 Å². The molecule has 0 unspecified atom stereocenters.